The van der Waals surface area contributed by atoms with Gasteiger partial charge >= 0.3 is 0 Å². The molecule has 4 rings (SSSR count). The zero-order valence-corrected chi connectivity index (χ0v) is 15.0. The van der Waals surface area contributed by atoms with Crippen LogP contribution in [-0.2, 0) is 0 Å². The number of aromatic nitrogens is 5. The summed E-state index contributed by atoms with van der Waals surface area (Å²) in [7, 11) is 0. The van der Waals surface area contributed by atoms with Crippen LogP contribution in [0, 0.1) is 12.8 Å². The van der Waals surface area contributed by atoms with E-state index in [0.717, 1.165) is 17.6 Å². The summed E-state index contributed by atoms with van der Waals surface area (Å²) in [6.45, 7) is 4.13. The minimum Gasteiger partial charge on any atom is -0.311 e. The standard InChI is InChI=1S/C17H21N5OS/c1-10-6-4-5-7-12(10)21-9-8-13-14(15(21)23)11(2)18-16-19-17(24-3)20-22(13)16/h8-10,12H,4-7H2,1-3H3. The molecule has 7 heteroatoms. The number of rotatable bonds is 2. The molecule has 6 nitrogen and oxygen atoms in total. The third kappa shape index (κ3) is 2.33. The number of nitrogens with zero attached hydrogens (tertiary/aromatic N) is 5. The average Bonchev–Trinajstić information content (AvgIpc) is 2.99. The Bertz CT molecular complexity index is 976. The molecule has 0 aliphatic heterocycles. The van der Waals surface area contributed by atoms with Crippen LogP contribution in [0.4, 0.5) is 0 Å². The van der Waals surface area contributed by atoms with Crippen molar-refractivity contribution in [2.75, 3.05) is 6.26 Å². The van der Waals surface area contributed by atoms with Gasteiger partial charge in [0, 0.05) is 12.2 Å². The summed E-state index contributed by atoms with van der Waals surface area (Å²) < 4.78 is 3.60. The van der Waals surface area contributed by atoms with Gasteiger partial charge in [0.1, 0.15) is 0 Å². The molecule has 1 saturated carbocycles. The van der Waals surface area contributed by atoms with Gasteiger partial charge in [0.15, 0.2) is 0 Å². The van der Waals surface area contributed by atoms with Crippen molar-refractivity contribution in [2.45, 2.75) is 50.7 Å². The maximum absolute atomic E-state index is 13.2. The molecule has 1 aliphatic carbocycles. The third-order valence-electron chi connectivity index (χ3n) is 5.13. The van der Waals surface area contributed by atoms with Gasteiger partial charge in [-0.3, -0.25) is 4.79 Å². The molecule has 2 atom stereocenters. The number of thioether (sulfide) groups is 1. The molecule has 126 valence electrons. The molecule has 1 aliphatic rings. The Morgan fingerprint density at radius 3 is 2.79 bits per heavy atom. The number of aryl methyl sites for hydroxylation is 1. The third-order valence-corrected chi connectivity index (χ3v) is 5.67. The minimum absolute atomic E-state index is 0.0411. The summed E-state index contributed by atoms with van der Waals surface area (Å²) >= 11 is 1.47. The lowest BCUT2D eigenvalue weighted by Gasteiger charge is -2.30. The van der Waals surface area contributed by atoms with E-state index in [-0.39, 0.29) is 11.6 Å². The Labute approximate surface area is 144 Å². The lowest BCUT2D eigenvalue weighted by atomic mass is 9.85. The first kappa shape index (κ1) is 15.6. The molecule has 3 aromatic heterocycles. The molecule has 0 bridgehead atoms. The van der Waals surface area contributed by atoms with Crippen molar-refractivity contribution in [3.8, 4) is 0 Å². The van der Waals surface area contributed by atoms with E-state index in [1.54, 1.807) is 4.52 Å². The molecular formula is C17H21N5OS. The highest BCUT2D eigenvalue weighted by Gasteiger charge is 2.25. The van der Waals surface area contributed by atoms with Crippen molar-refractivity contribution in [1.82, 2.24) is 24.1 Å². The summed E-state index contributed by atoms with van der Waals surface area (Å²) in [6.07, 6.45) is 8.57. The Kier molecular flexibility index (Phi) is 3.83. The normalized spacial score (nSPS) is 21.6. The summed E-state index contributed by atoms with van der Waals surface area (Å²) in [4.78, 5) is 22.1. The van der Waals surface area contributed by atoms with Gasteiger partial charge in [0.2, 0.25) is 5.16 Å². The first-order valence-electron chi connectivity index (χ1n) is 8.42. The predicted octanol–water partition coefficient (Wildman–Crippen LogP) is 3.22. The van der Waals surface area contributed by atoms with Crippen molar-refractivity contribution in [3.05, 3.63) is 28.3 Å². The van der Waals surface area contributed by atoms with Crippen molar-refractivity contribution in [3.63, 3.8) is 0 Å². The number of fused-ring (bicyclic) bond motifs is 3. The topological polar surface area (TPSA) is 65.1 Å². The molecule has 3 heterocycles. The van der Waals surface area contributed by atoms with Crippen LogP contribution in [-0.4, -0.2) is 30.4 Å². The molecule has 0 aromatic carbocycles. The molecular weight excluding hydrogens is 322 g/mol. The van der Waals surface area contributed by atoms with E-state index in [4.69, 9.17) is 0 Å². The van der Waals surface area contributed by atoms with Gasteiger partial charge in [-0.15, -0.1) is 5.10 Å². The lowest BCUT2D eigenvalue weighted by Crippen LogP contribution is -2.31. The van der Waals surface area contributed by atoms with Crippen LogP contribution in [0.15, 0.2) is 22.2 Å². The highest BCUT2D eigenvalue weighted by atomic mass is 32.2. The van der Waals surface area contributed by atoms with E-state index >= 15 is 0 Å². The van der Waals surface area contributed by atoms with E-state index < -0.39 is 0 Å². The second-order valence-corrected chi connectivity index (χ2v) is 7.40. The van der Waals surface area contributed by atoms with Crippen LogP contribution in [0.3, 0.4) is 0 Å². The molecule has 0 amide bonds. The first-order chi connectivity index (χ1) is 11.6. The molecule has 3 aromatic rings. The maximum Gasteiger partial charge on any atom is 0.262 e. The summed E-state index contributed by atoms with van der Waals surface area (Å²) in [5.74, 6) is 1.08. The number of pyridine rings is 1. The van der Waals surface area contributed by atoms with Crippen LogP contribution < -0.4 is 5.56 Å². The van der Waals surface area contributed by atoms with Gasteiger partial charge < -0.3 is 4.57 Å². The fourth-order valence-electron chi connectivity index (χ4n) is 3.84. The van der Waals surface area contributed by atoms with Crippen LogP contribution in [0.25, 0.3) is 16.7 Å². The van der Waals surface area contributed by atoms with E-state index in [9.17, 15) is 4.79 Å². The molecule has 0 spiro atoms. The van der Waals surface area contributed by atoms with Crippen LogP contribution in [0.5, 0.6) is 0 Å². The number of hydrogen-bond donors (Lipinski definition) is 0. The van der Waals surface area contributed by atoms with Gasteiger partial charge in [-0.25, -0.2) is 4.98 Å². The highest BCUT2D eigenvalue weighted by molar-refractivity contribution is 7.98. The molecule has 1 fully saturated rings. The highest BCUT2D eigenvalue weighted by Crippen LogP contribution is 2.33. The summed E-state index contributed by atoms with van der Waals surface area (Å²) in [6, 6.07) is 2.27. The lowest BCUT2D eigenvalue weighted by molar-refractivity contribution is 0.253. The zero-order chi connectivity index (χ0) is 16.8. The Hall–Kier alpha value is -1.89. The SMILES string of the molecule is CSc1nc2nc(C)c3c(=O)n(C4CCCCC4C)ccc3n2n1. The van der Waals surface area contributed by atoms with Gasteiger partial charge in [0.05, 0.1) is 16.6 Å². The van der Waals surface area contributed by atoms with Gasteiger partial charge in [-0.1, -0.05) is 31.5 Å². The summed E-state index contributed by atoms with van der Waals surface area (Å²) in [5.41, 5.74) is 1.55. The quantitative estimate of drug-likeness (QED) is 0.669. The molecule has 0 N–H and O–H groups in total. The van der Waals surface area contributed by atoms with Crippen molar-refractivity contribution < 1.29 is 0 Å². The maximum atomic E-state index is 13.2. The van der Waals surface area contributed by atoms with Gasteiger partial charge in [-0.2, -0.15) is 9.50 Å². The van der Waals surface area contributed by atoms with E-state index in [2.05, 4.69) is 22.0 Å². The van der Waals surface area contributed by atoms with Crippen LogP contribution >= 0.6 is 11.8 Å². The summed E-state index contributed by atoms with van der Waals surface area (Å²) in [5, 5.41) is 5.78. The van der Waals surface area contributed by atoms with Gasteiger partial charge in [0.25, 0.3) is 11.3 Å². The van der Waals surface area contributed by atoms with Crippen molar-refractivity contribution >= 4 is 28.4 Å². The largest absolute Gasteiger partial charge is 0.311 e. The molecule has 0 saturated heterocycles. The van der Waals surface area contributed by atoms with E-state index in [0.29, 0.717) is 22.2 Å². The van der Waals surface area contributed by atoms with E-state index in [1.165, 1.54) is 31.0 Å². The molecule has 0 radical (unpaired) electrons. The predicted molar refractivity (Wildman–Crippen MR) is 95.7 cm³/mol. The fourth-order valence-corrected chi connectivity index (χ4v) is 4.18. The zero-order valence-electron chi connectivity index (χ0n) is 14.2. The Morgan fingerprint density at radius 2 is 2.04 bits per heavy atom. The Morgan fingerprint density at radius 1 is 1.25 bits per heavy atom. The second kappa shape index (κ2) is 5.88. The average molecular weight is 343 g/mol. The Balaban J connectivity index is 1.97. The molecule has 24 heavy (non-hydrogen) atoms. The van der Waals surface area contributed by atoms with Crippen LogP contribution in [0.2, 0.25) is 0 Å². The van der Waals surface area contributed by atoms with Crippen molar-refractivity contribution in [1.29, 1.82) is 0 Å². The minimum atomic E-state index is 0.0411. The van der Waals surface area contributed by atoms with Gasteiger partial charge in [-0.05, 0) is 38.0 Å². The van der Waals surface area contributed by atoms with Crippen LogP contribution in [0.1, 0.15) is 44.3 Å². The number of hydrogen-bond acceptors (Lipinski definition) is 5. The molecule has 2 unspecified atom stereocenters. The smallest absolute Gasteiger partial charge is 0.262 e. The monoisotopic (exact) mass is 343 g/mol. The van der Waals surface area contributed by atoms with Crippen molar-refractivity contribution in [2.24, 2.45) is 5.92 Å². The first-order valence-corrected chi connectivity index (χ1v) is 9.65. The fraction of sp³-hybridized carbons (Fsp3) is 0.529. The second-order valence-electron chi connectivity index (χ2n) is 6.63. The van der Waals surface area contributed by atoms with E-state index in [1.807, 2.05) is 30.0 Å².